The lowest BCUT2D eigenvalue weighted by Gasteiger charge is -2.07. The van der Waals surface area contributed by atoms with Crippen LogP contribution in [0.4, 0.5) is 0 Å². The summed E-state index contributed by atoms with van der Waals surface area (Å²) in [5, 5.41) is 3.57. The van der Waals surface area contributed by atoms with E-state index >= 15 is 0 Å². The molecule has 0 saturated carbocycles. The van der Waals surface area contributed by atoms with Crippen LogP contribution in [0.2, 0.25) is 5.02 Å². The predicted molar refractivity (Wildman–Crippen MR) is 86.2 cm³/mol. The fraction of sp³-hybridized carbons (Fsp3) is 0.0588. The minimum Gasteiger partial charge on any atom is -0.348 e. The Morgan fingerprint density at radius 2 is 1.82 bits per heavy atom. The predicted octanol–water partition coefficient (Wildman–Crippen LogP) is 3.46. The highest BCUT2D eigenvalue weighted by atomic mass is 35.5. The molecular formula is C17H14ClN3O. The van der Waals surface area contributed by atoms with Crippen molar-refractivity contribution in [3.05, 3.63) is 83.4 Å². The summed E-state index contributed by atoms with van der Waals surface area (Å²) in [4.78, 5) is 16.1. The van der Waals surface area contributed by atoms with Gasteiger partial charge in [0.2, 0.25) is 0 Å². The number of rotatable bonds is 4. The fourth-order valence-corrected chi connectivity index (χ4v) is 2.21. The smallest absolute Gasteiger partial charge is 0.251 e. The average Bonchev–Trinajstić information content (AvgIpc) is 3.09. The number of carbonyl (C=O) groups excluding carboxylic acids is 1. The lowest BCUT2D eigenvalue weighted by atomic mass is 10.1. The Morgan fingerprint density at radius 3 is 2.45 bits per heavy atom. The van der Waals surface area contributed by atoms with Crippen LogP contribution in [-0.2, 0) is 6.54 Å². The molecule has 0 aliphatic heterocycles. The molecule has 3 rings (SSSR count). The first-order chi connectivity index (χ1) is 10.7. The number of imidazole rings is 1. The van der Waals surface area contributed by atoms with Crippen molar-refractivity contribution in [3.63, 3.8) is 0 Å². The Morgan fingerprint density at radius 1 is 1.09 bits per heavy atom. The number of halogens is 1. The molecule has 0 unspecified atom stereocenters. The Balaban J connectivity index is 1.63. The van der Waals surface area contributed by atoms with Crippen molar-refractivity contribution < 1.29 is 4.79 Å². The monoisotopic (exact) mass is 311 g/mol. The van der Waals surface area contributed by atoms with Crippen molar-refractivity contribution >= 4 is 17.5 Å². The van der Waals surface area contributed by atoms with E-state index < -0.39 is 0 Å². The van der Waals surface area contributed by atoms with Gasteiger partial charge in [-0.2, -0.15) is 0 Å². The van der Waals surface area contributed by atoms with E-state index in [2.05, 4.69) is 10.3 Å². The van der Waals surface area contributed by atoms with Crippen molar-refractivity contribution in [1.82, 2.24) is 14.9 Å². The molecule has 0 spiro atoms. The van der Waals surface area contributed by atoms with Crippen molar-refractivity contribution in [1.29, 1.82) is 0 Å². The summed E-state index contributed by atoms with van der Waals surface area (Å²) in [6, 6.07) is 14.8. The van der Waals surface area contributed by atoms with Gasteiger partial charge in [0.1, 0.15) is 0 Å². The molecule has 4 nitrogen and oxygen atoms in total. The number of amides is 1. The molecule has 0 radical (unpaired) electrons. The van der Waals surface area contributed by atoms with Gasteiger partial charge in [-0.25, -0.2) is 4.98 Å². The number of hydrogen-bond donors (Lipinski definition) is 1. The normalized spacial score (nSPS) is 10.4. The van der Waals surface area contributed by atoms with E-state index in [1.807, 2.05) is 47.2 Å². The number of hydrogen-bond acceptors (Lipinski definition) is 2. The van der Waals surface area contributed by atoms with Crippen molar-refractivity contribution in [2.45, 2.75) is 6.54 Å². The maximum Gasteiger partial charge on any atom is 0.251 e. The Labute approximate surface area is 133 Å². The van der Waals surface area contributed by atoms with Crippen molar-refractivity contribution in [2.75, 3.05) is 0 Å². The van der Waals surface area contributed by atoms with Gasteiger partial charge in [0.15, 0.2) is 0 Å². The van der Waals surface area contributed by atoms with Crippen LogP contribution in [0.15, 0.2) is 67.3 Å². The zero-order valence-electron chi connectivity index (χ0n) is 11.7. The Kier molecular flexibility index (Phi) is 4.21. The molecule has 3 aromatic rings. The summed E-state index contributed by atoms with van der Waals surface area (Å²) in [6.07, 6.45) is 5.29. The van der Waals surface area contributed by atoms with E-state index in [0.717, 1.165) is 11.3 Å². The minimum absolute atomic E-state index is 0.105. The molecule has 1 aromatic heterocycles. The number of benzene rings is 2. The summed E-state index contributed by atoms with van der Waals surface area (Å²) in [5.74, 6) is -0.105. The van der Waals surface area contributed by atoms with E-state index in [-0.39, 0.29) is 5.91 Å². The van der Waals surface area contributed by atoms with Crippen LogP contribution in [0.5, 0.6) is 0 Å². The molecule has 0 atom stereocenters. The Hall–Kier alpha value is -2.59. The largest absolute Gasteiger partial charge is 0.348 e. The Bertz CT molecular complexity index is 750. The zero-order chi connectivity index (χ0) is 15.4. The van der Waals surface area contributed by atoms with Gasteiger partial charge in [-0.1, -0.05) is 23.7 Å². The summed E-state index contributed by atoms with van der Waals surface area (Å²) in [5.41, 5.74) is 2.59. The molecule has 0 aliphatic rings. The van der Waals surface area contributed by atoms with E-state index in [1.54, 1.807) is 24.7 Å². The van der Waals surface area contributed by atoms with Crippen LogP contribution < -0.4 is 5.32 Å². The molecule has 0 fully saturated rings. The average molecular weight is 312 g/mol. The maximum atomic E-state index is 12.1. The third-order valence-corrected chi connectivity index (χ3v) is 3.55. The molecule has 0 saturated heterocycles. The van der Waals surface area contributed by atoms with Gasteiger partial charge in [0, 0.05) is 35.2 Å². The second-order valence-electron chi connectivity index (χ2n) is 4.83. The molecule has 2 aromatic carbocycles. The van der Waals surface area contributed by atoms with Crippen LogP contribution in [0, 0.1) is 0 Å². The molecule has 5 heteroatoms. The first-order valence-corrected chi connectivity index (χ1v) is 7.21. The van der Waals surface area contributed by atoms with Gasteiger partial charge >= 0.3 is 0 Å². The van der Waals surface area contributed by atoms with Gasteiger partial charge in [-0.15, -0.1) is 0 Å². The highest BCUT2D eigenvalue weighted by molar-refractivity contribution is 6.30. The molecule has 1 amide bonds. The topological polar surface area (TPSA) is 46.9 Å². The van der Waals surface area contributed by atoms with Gasteiger partial charge in [0.25, 0.3) is 5.91 Å². The lowest BCUT2D eigenvalue weighted by molar-refractivity contribution is 0.0951. The first-order valence-electron chi connectivity index (χ1n) is 6.83. The van der Waals surface area contributed by atoms with E-state index in [1.165, 1.54) is 0 Å². The minimum atomic E-state index is -0.105. The van der Waals surface area contributed by atoms with Gasteiger partial charge < -0.3 is 9.88 Å². The second kappa shape index (κ2) is 6.45. The number of nitrogens with one attached hydrogen (secondary N) is 1. The van der Waals surface area contributed by atoms with Gasteiger partial charge in [0.05, 0.1) is 6.33 Å². The maximum absolute atomic E-state index is 12.1. The summed E-state index contributed by atoms with van der Waals surface area (Å²) < 4.78 is 1.88. The van der Waals surface area contributed by atoms with Crippen LogP contribution in [0.3, 0.4) is 0 Å². The molecule has 0 aliphatic carbocycles. The fourth-order valence-electron chi connectivity index (χ4n) is 2.08. The summed E-state index contributed by atoms with van der Waals surface area (Å²) >= 11 is 5.83. The molecule has 1 N–H and O–H groups in total. The molecular weight excluding hydrogens is 298 g/mol. The third-order valence-electron chi connectivity index (χ3n) is 3.30. The van der Waals surface area contributed by atoms with Crippen molar-refractivity contribution in [3.8, 4) is 5.69 Å². The van der Waals surface area contributed by atoms with Gasteiger partial charge in [-0.05, 0) is 42.0 Å². The third kappa shape index (κ3) is 3.35. The molecule has 0 bridgehead atoms. The van der Waals surface area contributed by atoms with E-state index in [4.69, 9.17) is 11.6 Å². The van der Waals surface area contributed by atoms with Crippen LogP contribution in [0.1, 0.15) is 15.9 Å². The van der Waals surface area contributed by atoms with Crippen LogP contribution in [0.25, 0.3) is 5.69 Å². The van der Waals surface area contributed by atoms with Crippen LogP contribution in [-0.4, -0.2) is 15.5 Å². The molecule has 22 heavy (non-hydrogen) atoms. The lowest BCUT2D eigenvalue weighted by Crippen LogP contribution is -2.22. The molecule has 110 valence electrons. The van der Waals surface area contributed by atoms with E-state index in [0.29, 0.717) is 17.1 Å². The standard InChI is InChI=1S/C17H14ClN3O/c18-15-5-1-13(2-6-15)11-20-17(22)14-3-7-16(8-4-14)21-10-9-19-12-21/h1-10,12H,11H2,(H,20,22). The molecule has 1 heterocycles. The zero-order valence-corrected chi connectivity index (χ0v) is 12.5. The van der Waals surface area contributed by atoms with E-state index in [9.17, 15) is 4.79 Å². The quantitative estimate of drug-likeness (QED) is 0.802. The number of nitrogens with zero attached hydrogens (tertiary/aromatic N) is 2. The first kappa shape index (κ1) is 14.4. The van der Waals surface area contributed by atoms with Crippen LogP contribution >= 0.6 is 11.6 Å². The number of aromatic nitrogens is 2. The van der Waals surface area contributed by atoms with Crippen molar-refractivity contribution in [2.24, 2.45) is 0 Å². The van der Waals surface area contributed by atoms with Gasteiger partial charge in [-0.3, -0.25) is 4.79 Å². The second-order valence-corrected chi connectivity index (χ2v) is 5.26. The SMILES string of the molecule is O=C(NCc1ccc(Cl)cc1)c1ccc(-n2ccnc2)cc1. The number of carbonyl (C=O) groups is 1. The summed E-state index contributed by atoms with van der Waals surface area (Å²) in [6.45, 7) is 0.472. The highest BCUT2D eigenvalue weighted by Crippen LogP contribution is 2.11. The summed E-state index contributed by atoms with van der Waals surface area (Å²) in [7, 11) is 0. The highest BCUT2D eigenvalue weighted by Gasteiger charge is 2.05.